The first-order valence-electron chi connectivity index (χ1n) is 11.2. The number of rotatable bonds is 6. The number of halogens is 3. The highest BCUT2D eigenvalue weighted by Crippen LogP contribution is 2.41. The summed E-state index contributed by atoms with van der Waals surface area (Å²) in [5, 5.41) is 0.985. The van der Waals surface area contributed by atoms with Crippen LogP contribution in [0.2, 0.25) is 10.0 Å². The van der Waals surface area contributed by atoms with Crippen LogP contribution in [0.3, 0.4) is 0 Å². The van der Waals surface area contributed by atoms with Gasteiger partial charge in [-0.25, -0.2) is 0 Å². The van der Waals surface area contributed by atoms with Crippen LogP contribution in [0, 0.1) is 0 Å². The lowest BCUT2D eigenvalue weighted by Gasteiger charge is -2.44. The van der Waals surface area contributed by atoms with Crippen LogP contribution in [0.4, 0.5) is 0 Å². The van der Waals surface area contributed by atoms with Gasteiger partial charge >= 0.3 is 0 Å². The van der Waals surface area contributed by atoms with E-state index in [4.69, 9.17) is 27.9 Å². The zero-order chi connectivity index (χ0) is 22.0. The fraction of sp³-hybridized carbons (Fsp3) is 0.480. The van der Waals surface area contributed by atoms with Crippen molar-refractivity contribution < 1.29 is 9.53 Å². The van der Waals surface area contributed by atoms with Crippen LogP contribution < -0.4 is 4.74 Å². The number of ether oxygens (including phenoxy) is 1. The van der Waals surface area contributed by atoms with E-state index in [1.807, 2.05) is 31.0 Å². The van der Waals surface area contributed by atoms with E-state index in [-0.39, 0.29) is 24.4 Å². The Hall–Kier alpha value is -1.46. The standard InChI is InChI=1S/C25H30Cl2N2O2.ClH/c1-3-31-23-8-6-7-19-18(23)10-12-22(29-13-4-5-14-29)25(19)28(2)24(30)16-17-9-11-20(26)21(27)15-17;/h6-9,11,15,22,25H,3-5,10,12-14,16H2,1-2H3;1H/t22-,25-;/m0./s1. The van der Waals surface area contributed by atoms with Gasteiger partial charge in [-0.15, -0.1) is 12.4 Å². The maximum absolute atomic E-state index is 13.4. The Kier molecular flexibility index (Phi) is 8.74. The molecule has 0 radical (unpaired) electrons. The molecule has 2 aliphatic rings. The topological polar surface area (TPSA) is 32.8 Å². The number of fused-ring (bicyclic) bond motifs is 1. The minimum atomic E-state index is 0. The van der Waals surface area contributed by atoms with Gasteiger partial charge in [0.2, 0.25) is 5.91 Å². The average Bonchev–Trinajstić information content (AvgIpc) is 3.30. The predicted octanol–water partition coefficient (Wildman–Crippen LogP) is 5.97. The van der Waals surface area contributed by atoms with E-state index >= 15 is 0 Å². The number of hydrogen-bond donors (Lipinski definition) is 0. The summed E-state index contributed by atoms with van der Waals surface area (Å²) in [6.45, 7) is 4.87. The molecule has 0 N–H and O–H groups in total. The molecule has 7 heteroatoms. The van der Waals surface area contributed by atoms with Crippen molar-refractivity contribution in [2.75, 3.05) is 26.7 Å². The van der Waals surface area contributed by atoms with Gasteiger partial charge in [-0.3, -0.25) is 9.69 Å². The molecule has 32 heavy (non-hydrogen) atoms. The summed E-state index contributed by atoms with van der Waals surface area (Å²) in [5.74, 6) is 1.04. The summed E-state index contributed by atoms with van der Waals surface area (Å²) in [6.07, 6.45) is 4.78. The van der Waals surface area contributed by atoms with Gasteiger partial charge in [0.1, 0.15) is 5.75 Å². The van der Waals surface area contributed by atoms with Gasteiger partial charge < -0.3 is 9.64 Å². The molecule has 2 atom stereocenters. The predicted molar refractivity (Wildman–Crippen MR) is 133 cm³/mol. The van der Waals surface area contributed by atoms with Crippen molar-refractivity contribution in [1.82, 2.24) is 9.80 Å². The van der Waals surface area contributed by atoms with Gasteiger partial charge in [-0.05, 0) is 80.6 Å². The van der Waals surface area contributed by atoms with Gasteiger partial charge in [0.15, 0.2) is 0 Å². The molecule has 1 heterocycles. The number of likely N-dealkylation sites (tertiary alicyclic amines) is 1. The molecule has 0 aromatic heterocycles. The lowest BCUT2D eigenvalue weighted by Crippen LogP contribution is -2.48. The minimum Gasteiger partial charge on any atom is -0.494 e. The third kappa shape index (κ3) is 5.20. The normalized spacial score (nSPS) is 20.4. The first-order valence-corrected chi connectivity index (χ1v) is 11.9. The van der Waals surface area contributed by atoms with Crippen LogP contribution in [0.1, 0.15) is 48.9 Å². The SMILES string of the molecule is CCOc1cccc2c1CC[C@H](N1CCCC1)[C@H]2N(C)C(=O)Cc1ccc(Cl)c(Cl)c1.Cl. The Bertz CT molecular complexity index is 947. The first-order chi connectivity index (χ1) is 15.0. The molecule has 1 aliphatic heterocycles. The lowest BCUT2D eigenvalue weighted by molar-refractivity contribution is -0.133. The molecule has 4 nitrogen and oxygen atoms in total. The molecule has 1 saturated heterocycles. The summed E-state index contributed by atoms with van der Waals surface area (Å²) < 4.78 is 5.93. The molecule has 1 aliphatic carbocycles. The maximum Gasteiger partial charge on any atom is 0.227 e. The zero-order valence-corrected chi connectivity index (χ0v) is 21.0. The van der Waals surface area contributed by atoms with Crippen molar-refractivity contribution in [3.8, 4) is 5.75 Å². The third-order valence-electron chi connectivity index (χ3n) is 6.60. The van der Waals surface area contributed by atoms with Crippen LogP contribution in [-0.4, -0.2) is 48.5 Å². The molecule has 2 aromatic rings. The molecule has 2 aromatic carbocycles. The summed E-state index contributed by atoms with van der Waals surface area (Å²) in [5.41, 5.74) is 3.35. The fourth-order valence-corrected chi connectivity index (χ4v) is 5.42. The largest absolute Gasteiger partial charge is 0.494 e. The molecule has 0 unspecified atom stereocenters. The molecule has 1 amide bonds. The Labute approximate surface area is 207 Å². The van der Waals surface area contributed by atoms with Crippen molar-refractivity contribution in [1.29, 1.82) is 0 Å². The summed E-state index contributed by atoms with van der Waals surface area (Å²) in [4.78, 5) is 17.9. The van der Waals surface area contributed by atoms with E-state index in [1.165, 1.54) is 24.0 Å². The minimum absolute atomic E-state index is 0. The van der Waals surface area contributed by atoms with E-state index in [1.54, 1.807) is 12.1 Å². The highest BCUT2D eigenvalue weighted by atomic mass is 35.5. The van der Waals surface area contributed by atoms with Crippen LogP contribution >= 0.6 is 35.6 Å². The van der Waals surface area contributed by atoms with Crippen LogP contribution in [-0.2, 0) is 17.6 Å². The second-order valence-corrected chi connectivity index (χ2v) is 9.30. The number of nitrogens with zero attached hydrogens (tertiary/aromatic N) is 2. The highest BCUT2D eigenvalue weighted by molar-refractivity contribution is 6.42. The van der Waals surface area contributed by atoms with Crippen LogP contribution in [0.5, 0.6) is 5.75 Å². The number of likely N-dealkylation sites (N-methyl/N-ethyl adjacent to an activating group) is 1. The smallest absolute Gasteiger partial charge is 0.227 e. The van der Waals surface area contributed by atoms with Gasteiger partial charge in [0, 0.05) is 13.1 Å². The van der Waals surface area contributed by atoms with E-state index in [2.05, 4.69) is 17.0 Å². The molecule has 174 valence electrons. The summed E-state index contributed by atoms with van der Waals surface area (Å²) in [6, 6.07) is 12.0. The molecular weight excluding hydrogens is 467 g/mol. The fourth-order valence-electron chi connectivity index (χ4n) is 5.10. The van der Waals surface area contributed by atoms with Crippen molar-refractivity contribution in [3.05, 3.63) is 63.1 Å². The van der Waals surface area contributed by atoms with E-state index < -0.39 is 0 Å². The van der Waals surface area contributed by atoms with E-state index in [9.17, 15) is 4.79 Å². The number of carbonyl (C=O) groups excluding carboxylic acids is 1. The Balaban J connectivity index is 0.00000289. The molecule has 0 bridgehead atoms. The monoisotopic (exact) mass is 496 g/mol. The molecular formula is C25H31Cl3N2O2. The molecule has 0 saturated carbocycles. The van der Waals surface area contributed by atoms with Crippen molar-refractivity contribution in [2.24, 2.45) is 0 Å². The Morgan fingerprint density at radius 1 is 1.16 bits per heavy atom. The molecule has 0 spiro atoms. The van der Waals surface area contributed by atoms with Gasteiger partial charge in [0.25, 0.3) is 0 Å². The number of amides is 1. The van der Waals surface area contributed by atoms with E-state index in [0.717, 1.165) is 37.2 Å². The van der Waals surface area contributed by atoms with Crippen molar-refractivity contribution in [3.63, 3.8) is 0 Å². The van der Waals surface area contributed by atoms with Crippen molar-refractivity contribution >= 4 is 41.5 Å². The summed E-state index contributed by atoms with van der Waals surface area (Å²) in [7, 11) is 1.94. The number of benzene rings is 2. The van der Waals surface area contributed by atoms with Gasteiger partial charge in [-0.2, -0.15) is 0 Å². The zero-order valence-electron chi connectivity index (χ0n) is 18.7. The molecule has 1 fully saturated rings. The number of carbonyl (C=O) groups is 1. The van der Waals surface area contributed by atoms with Gasteiger partial charge in [-0.1, -0.05) is 41.4 Å². The van der Waals surface area contributed by atoms with Crippen LogP contribution in [0.15, 0.2) is 36.4 Å². The highest BCUT2D eigenvalue weighted by Gasteiger charge is 2.39. The van der Waals surface area contributed by atoms with Crippen LogP contribution in [0.25, 0.3) is 0 Å². The second-order valence-electron chi connectivity index (χ2n) is 8.48. The maximum atomic E-state index is 13.4. The molecule has 4 rings (SSSR count). The first kappa shape index (κ1) is 25.2. The average molecular weight is 498 g/mol. The quantitative estimate of drug-likeness (QED) is 0.493. The van der Waals surface area contributed by atoms with E-state index in [0.29, 0.717) is 29.1 Å². The second kappa shape index (κ2) is 11.1. The van der Waals surface area contributed by atoms with Crippen molar-refractivity contribution in [2.45, 2.75) is 51.1 Å². The Morgan fingerprint density at radius 2 is 1.91 bits per heavy atom. The lowest BCUT2D eigenvalue weighted by atomic mass is 9.81. The summed E-state index contributed by atoms with van der Waals surface area (Å²) >= 11 is 12.2. The van der Waals surface area contributed by atoms with Gasteiger partial charge in [0.05, 0.1) is 29.1 Å². The third-order valence-corrected chi connectivity index (χ3v) is 7.34. The number of hydrogen-bond acceptors (Lipinski definition) is 3. The Morgan fingerprint density at radius 3 is 2.59 bits per heavy atom.